The number of rotatable bonds is 4. The Hall–Kier alpha value is -0.270. The zero-order chi connectivity index (χ0) is 15.6. The fourth-order valence-corrected chi connectivity index (χ4v) is 4.39. The first-order chi connectivity index (χ1) is 9.88. The number of amidine groups is 1. The predicted octanol–water partition coefficient (Wildman–Crippen LogP) is 4.04. The van der Waals surface area contributed by atoms with Crippen LogP contribution in [-0.2, 0) is 0 Å². The van der Waals surface area contributed by atoms with Gasteiger partial charge in [0.25, 0.3) is 0 Å². The van der Waals surface area contributed by atoms with E-state index < -0.39 is 0 Å². The van der Waals surface area contributed by atoms with Crippen molar-refractivity contribution in [2.75, 3.05) is 12.3 Å². The summed E-state index contributed by atoms with van der Waals surface area (Å²) in [6.45, 7) is 9.31. The highest BCUT2D eigenvalue weighted by molar-refractivity contribution is 14.1. The van der Waals surface area contributed by atoms with E-state index in [2.05, 4.69) is 66.5 Å². The third-order valence-corrected chi connectivity index (χ3v) is 5.29. The van der Waals surface area contributed by atoms with E-state index in [1.807, 2.05) is 6.92 Å². The second-order valence-corrected chi connectivity index (χ2v) is 8.22. The van der Waals surface area contributed by atoms with Crippen LogP contribution >= 0.6 is 34.4 Å². The predicted molar refractivity (Wildman–Crippen MR) is 100 cm³/mol. The molecule has 0 amide bonds. The first kappa shape index (κ1) is 17.1. The molecular formula is C16H23IN2OS. The van der Waals surface area contributed by atoms with Gasteiger partial charge in [-0.1, -0.05) is 25.6 Å². The van der Waals surface area contributed by atoms with E-state index >= 15 is 0 Å². The van der Waals surface area contributed by atoms with Crippen LogP contribution in [-0.4, -0.2) is 39.6 Å². The molecule has 2 rings (SSSR count). The number of hydrogen-bond acceptors (Lipinski definition) is 3. The minimum absolute atomic E-state index is 0.167. The summed E-state index contributed by atoms with van der Waals surface area (Å²) in [5, 5.41) is 11.0. The molecule has 0 unspecified atom stereocenters. The van der Waals surface area contributed by atoms with Gasteiger partial charge in [0.15, 0.2) is 5.17 Å². The molecule has 0 spiro atoms. The quantitative estimate of drug-likeness (QED) is 0.750. The summed E-state index contributed by atoms with van der Waals surface area (Å²) in [6, 6.07) is 6.48. The van der Waals surface area contributed by atoms with E-state index in [1.54, 1.807) is 11.8 Å². The molecule has 1 N–H and O–H groups in total. The number of hydrogen-bond donors (Lipinski definition) is 1. The number of aryl methyl sites for hydroxylation is 1. The fraction of sp³-hybridized carbons (Fsp3) is 0.562. The first-order valence-electron chi connectivity index (χ1n) is 7.31. The summed E-state index contributed by atoms with van der Waals surface area (Å²) >= 11 is 4.07. The highest BCUT2D eigenvalue weighted by Crippen LogP contribution is 2.31. The van der Waals surface area contributed by atoms with Crippen molar-refractivity contribution in [2.45, 2.75) is 39.8 Å². The molecule has 1 aliphatic rings. The van der Waals surface area contributed by atoms with E-state index in [0.717, 1.165) is 23.2 Å². The van der Waals surface area contributed by atoms with Gasteiger partial charge in [-0.3, -0.25) is 0 Å². The van der Waals surface area contributed by atoms with Gasteiger partial charge in [0.05, 0.1) is 17.8 Å². The van der Waals surface area contributed by atoms with Crippen molar-refractivity contribution in [1.82, 2.24) is 4.90 Å². The summed E-state index contributed by atoms with van der Waals surface area (Å²) in [5.41, 5.74) is 2.22. The molecule has 1 heterocycles. The maximum Gasteiger partial charge on any atom is 0.164 e. The van der Waals surface area contributed by atoms with Crippen LogP contribution in [0, 0.1) is 16.4 Å². The van der Waals surface area contributed by atoms with E-state index in [0.29, 0.717) is 5.92 Å². The van der Waals surface area contributed by atoms with Crippen LogP contribution in [0.1, 0.15) is 26.3 Å². The summed E-state index contributed by atoms with van der Waals surface area (Å²) in [7, 11) is 0. The number of aliphatic hydroxyl groups excluding tert-OH is 1. The third-order valence-electron chi connectivity index (χ3n) is 3.52. The molecular weight excluding hydrogens is 395 g/mol. The second kappa shape index (κ2) is 7.33. The molecule has 0 aromatic heterocycles. The van der Waals surface area contributed by atoms with Gasteiger partial charge in [0.2, 0.25) is 0 Å². The Morgan fingerprint density at radius 1 is 1.43 bits per heavy atom. The lowest BCUT2D eigenvalue weighted by molar-refractivity contribution is 0.111. The molecule has 1 aromatic rings. The molecule has 3 nitrogen and oxygen atoms in total. The lowest BCUT2D eigenvalue weighted by Gasteiger charge is -2.29. The smallest absolute Gasteiger partial charge is 0.164 e. The Morgan fingerprint density at radius 2 is 2.14 bits per heavy atom. The molecule has 1 fully saturated rings. The van der Waals surface area contributed by atoms with Crippen molar-refractivity contribution in [3.05, 3.63) is 27.3 Å². The third kappa shape index (κ3) is 4.36. The largest absolute Gasteiger partial charge is 0.391 e. The Bertz CT molecular complexity index is 531. The molecule has 1 aliphatic heterocycles. The van der Waals surface area contributed by atoms with Crippen molar-refractivity contribution in [2.24, 2.45) is 10.9 Å². The minimum Gasteiger partial charge on any atom is -0.391 e. The van der Waals surface area contributed by atoms with Crippen molar-refractivity contribution in [3.63, 3.8) is 0 Å². The fourth-order valence-electron chi connectivity index (χ4n) is 2.43. The summed E-state index contributed by atoms with van der Waals surface area (Å²) in [5.74, 6) is 1.46. The minimum atomic E-state index is -0.332. The van der Waals surface area contributed by atoms with Crippen molar-refractivity contribution in [3.8, 4) is 0 Å². The second-order valence-electron chi connectivity index (χ2n) is 5.99. The average Bonchev–Trinajstić information content (AvgIpc) is 2.75. The van der Waals surface area contributed by atoms with E-state index in [9.17, 15) is 5.11 Å². The zero-order valence-electron chi connectivity index (χ0n) is 13.0. The summed E-state index contributed by atoms with van der Waals surface area (Å²) < 4.78 is 1.23. The average molecular weight is 418 g/mol. The Morgan fingerprint density at radius 3 is 2.71 bits per heavy atom. The van der Waals surface area contributed by atoms with Crippen LogP contribution in [0.5, 0.6) is 0 Å². The molecule has 1 aromatic carbocycles. The molecule has 0 radical (unpaired) electrons. The van der Waals surface area contributed by atoms with Gasteiger partial charge in [-0.05, 0) is 66.1 Å². The van der Waals surface area contributed by atoms with Crippen LogP contribution in [0.3, 0.4) is 0 Å². The van der Waals surface area contributed by atoms with Gasteiger partial charge in [0, 0.05) is 15.9 Å². The number of aliphatic hydroxyl groups is 1. The molecule has 0 bridgehead atoms. The lowest BCUT2D eigenvalue weighted by atomic mass is 10.1. The maximum absolute atomic E-state index is 10.00. The van der Waals surface area contributed by atoms with Gasteiger partial charge in [0.1, 0.15) is 0 Å². The molecule has 2 atom stereocenters. The summed E-state index contributed by atoms with van der Waals surface area (Å²) in [4.78, 5) is 7.13. The number of thioether (sulfide) groups is 1. The number of nitrogens with zero attached hydrogens (tertiary/aromatic N) is 2. The van der Waals surface area contributed by atoms with Gasteiger partial charge in [-0.2, -0.15) is 0 Å². The molecule has 5 heteroatoms. The normalized spacial score (nSPS) is 22.3. The van der Waals surface area contributed by atoms with Gasteiger partial charge in [-0.15, -0.1) is 0 Å². The monoisotopic (exact) mass is 418 g/mol. The SMILES string of the molecule is Cc1cc(I)ccc1N=C1SC[C@H]([C@@H](C)O)N1CC(C)C. The highest BCUT2D eigenvalue weighted by atomic mass is 127. The van der Waals surface area contributed by atoms with Gasteiger partial charge >= 0.3 is 0 Å². The lowest BCUT2D eigenvalue weighted by Crippen LogP contribution is -2.43. The van der Waals surface area contributed by atoms with Crippen molar-refractivity contribution in [1.29, 1.82) is 0 Å². The Kier molecular flexibility index (Phi) is 5.96. The van der Waals surface area contributed by atoms with E-state index in [-0.39, 0.29) is 12.1 Å². The summed E-state index contributed by atoms with van der Waals surface area (Å²) in [6.07, 6.45) is -0.332. The van der Waals surface area contributed by atoms with Crippen molar-refractivity contribution >= 4 is 45.2 Å². The van der Waals surface area contributed by atoms with Crippen LogP contribution in [0.25, 0.3) is 0 Å². The molecule has 116 valence electrons. The van der Waals surface area contributed by atoms with E-state index in [1.165, 1.54) is 9.13 Å². The Balaban J connectivity index is 2.29. The zero-order valence-corrected chi connectivity index (χ0v) is 16.0. The van der Waals surface area contributed by atoms with Crippen LogP contribution in [0.4, 0.5) is 5.69 Å². The standard InChI is InChI=1S/C16H23IN2OS/c1-10(2)8-19-15(12(4)20)9-21-16(19)18-14-6-5-13(17)7-11(14)3/h5-7,10,12,15,20H,8-9H2,1-4H3/t12-,15-/m1/s1. The maximum atomic E-state index is 10.00. The van der Waals surface area contributed by atoms with Crippen LogP contribution < -0.4 is 0 Å². The molecule has 21 heavy (non-hydrogen) atoms. The number of benzene rings is 1. The van der Waals surface area contributed by atoms with Gasteiger partial charge in [-0.25, -0.2) is 4.99 Å². The molecule has 0 saturated carbocycles. The first-order valence-corrected chi connectivity index (χ1v) is 9.37. The highest BCUT2D eigenvalue weighted by Gasteiger charge is 2.33. The Labute approximate surface area is 145 Å². The van der Waals surface area contributed by atoms with Gasteiger partial charge < -0.3 is 10.0 Å². The number of aliphatic imine (C=N–C) groups is 1. The molecule has 1 saturated heterocycles. The van der Waals surface area contributed by atoms with Crippen LogP contribution in [0.2, 0.25) is 0 Å². The molecule has 0 aliphatic carbocycles. The van der Waals surface area contributed by atoms with Crippen molar-refractivity contribution < 1.29 is 5.11 Å². The van der Waals surface area contributed by atoms with E-state index in [4.69, 9.17) is 4.99 Å². The topological polar surface area (TPSA) is 35.8 Å². The van der Waals surface area contributed by atoms with Crippen LogP contribution in [0.15, 0.2) is 23.2 Å². The number of halogens is 1.